The van der Waals surface area contributed by atoms with Gasteiger partial charge in [-0.2, -0.15) is 5.10 Å². The molecule has 15 heavy (non-hydrogen) atoms. The van der Waals surface area contributed by atoms with Crippen molar-refractivity contribution in [2.75, 3.05) is 0 Å². The fraction of sp³-hybridized carbons (Fsp3) is 0.308. The number of hydrogen-bond donors (Lipinski definition) is 1. The summed E-state index contributed by atoms with van der Waals surface area (Å²) in [5, 5.41) is 6.61. The van der Waals surface area contributed by atoms with E-state index in [4.69, 9.17) is 0 Å². The molecule has 0 aliphatic carbocycles. The Labute approximate surface area is 91.4 Å². The predicted octanol–water partition coefficient (Wildman–Crippen LogP) is 3.33. The fourth-order valence-corrected chi connectivity index (χ4v) is 1.07. The number of aromatic nitrogens is 2. The number of nitrogens with zero attached hydrogens (tertiary/aromatic N) is 1. The monoisotopic (exact) mass is 202 g/mol. The van der Waals surface area contributed by atoms with Gasteiger partial charge in [-0.05, 0) is 44.4 Å². The molecule has 0 amide bonds. The summed E-state index contributed by atoms with van der Waals surface area (Å²) in [6, 6.07) is 8.36. The van der Waals surface area contributed by atoms with E-state index in [9.17, 15) is 0 Å². The molecule has 0 spiro atoms. The van der Waals surface area contributed by atoms with Gasteiger partial charge in [-0.3, -0.25) is 5.10 Å². The number of aromatic amines is 1. The van der Waals surface area contributed by atoms with Gasteiger partial charge in [0.2, 0.25) is 0 Å². The van der Waals surface area contributed by atoms with Crippen molar-refractivity contribution < 1.29 is 0 Å². The van der Waals surface area contributed by atoms with E-state index in [2.05, 4.69) is 48.3 Å². The summed E-state index contributed by atoms with van der Waals surface area (Å²) in [5.74, 6) is 0. The molecule has 2 nitrogen and oxygen atoms in total. The zero-order valence-electron chi connectivity index (χ0n) is 9.83. The van der Waals surface area contributed by atoms with Gasteiger partial charge in [-0.1, -0.05) is 24.3 Å². The number of H-pyrrole nitrogens is 1. The molecule has 0 saturated carbocycles. The third-order valence-corrected chi connectivity index (χ3v) is 2.51. The van der Waals surface area contributed by atoms with E-state index < -0.39 is 0 Å². The van der Waals surface area contributed by atoms with Gasteiger partial charge in [-0.15, -0.1) is 0 Å². The maximum absolute atomic E-state index is 3.80. The van der Waals surface area contributed by atoms with Gasteiger partial charge in [-0.25, -0.2) is 0 Å². The lowest BCUT2D eigenvalue weighted by Crippen LogP contribution is -1.74. The third-order valence-electron chi connectivity index (χ3n) is 2.51. The third kappa shape index (κ3) is 3.58. The number of rotatable bonds is 0. The first kappa shape index (κ1) is 11.5. The minimum Gasteiger partial charge on any atom is -0.283 e. The average Bonchev–Trinajstić information content (AvgIpc) is 2.57. The van der Waals surface area contributed by atoms with Gasteiger partial charge in [0.25, 0.3) is 0 Å². The van der Waals surface area contributed by atoms with Crippen LogP contribution in [0.4, 0.5) is 0 Å². The zero-order chi connectivity index (χ0) is 11.3. The van der Waals surface area contributed by atoms with Crippen molar-refractivity contribution in [2.45, 2.75) is 27.7 Å². The van der Waals surface area contributed by atoms with Gasteiger partial charge in [0.05, 0.1) is 6.20 Å². The highest BCUT2D eigenvalue weighted by Crippen LogP contribution is 2.02. The summed E-state index contributed by atoms with van der Waals surface area (Å²) >= 11 is 0. The average molecular weight is 202 g/mol. The summed E-state index contributed by atoms with van der Waals surface area (Å²) in [5.41, 5.74) is 5.11. The van der Waals surface area contributed by atoms with E-state index >= 15 is 0 Å². The Morgan fingerprint density at radius 2 is 1.40 bits per heavy atom. The predicted molar refractivity (Wildman–Crippen MR) is 64.0 cm³/mol. The van der Waals surface area contributed by atoms with E-state index in [0.29, 0.717) is 0 Å². The maximum atomic E-state index is 3.80. The van der Waals surface area contributed by atoms with Crippen molar-refractivity contribution in [2.24, 2.45) is 0 Å². The van der Waals surface area contributed by atoms with Crippen molar-refractivity contribution in [3.05, 3.63) is 52.8 Å². The summed E-state index contributed by atoms with van der Waals surface area (Å²) in [7, 11) is 0. The maximum Gasteiger partial charge on any atom is 0.0519 e. The summed E-state index contributed by atoms with van der Waals surface area (Å²) < 4.78 is 0. The molecule has 1 N–H and O–H groups in total. The van der Waals surface area contributed by atoms with Crippen molar-refractivity contribution in [1.29, 1.82) is 0 Å². The van der Waals surface area contributed by atoms with E-state index in [1.807, 2.05) is 20.0 Å². The second-order valence-corrected chi connectivity index (χ2v) is 3.76. The van der Waals surface area contributed by atoms with Crippen LogP contribution in [0.25, 0.3) is 0 Å². The van der Waals surface area contributed by atoms with E-state index in [-0.39, 0.29) is 0 Å². The standard InChI is InChI=1S/C8H10.C5H8N2/c1-7-5-3-4-6-8(7)2;1-4-3-6-7-5(4)2/h3-6H,1-2H3;3H,1-2H3,(H,6,7). The first-order valence-corrected chi connectivity index (χ1v) is 5.10. The zero-order valence-corrected chi connectivity index (χ0v) is 9.83. The highest BCUT2D eigenvalue weighted by atomic mass is 15.1. The van der Waals surface area contributed by atoms with Crippen molar-refractivity contribution in [1.82, 2.24) is 10.2 Å². The van der Waals surface area contributed by atoms with Gasteiger partial charge in [0.15, 0.2) is 0 Å². The van der Waals surface area contributed by atoms with Crippen molar-refractivity contribution >= 4 is 0 Å². The summed E-state index contributed by atoms with van der Waals surface area (Å²) in [6.07, 6.45) is 1.81. The van der Waals surface area contributed by atoms with Crippen molar-refractivity contribution in [3.63, 3.8) is 0 Å². The minimum absolute atomic E-state index is 1.15. The molecule has 1 aromatic carbocycles. The molecule has 80 valence electrons. The summed E-state index contributed by atoms with van der Waals surface area (Å²) in [6.45, 7) is 8.27. The van der Waals surface area contributed by atoms with Gasteiger partial charge < -0.3 is 0 Å². The van der Waals surface area contributed by atoms with Crippen molar-refractivity contribution in [3.8, 4) is 0 Å². The largest absolute Gasteiger partial charge is 0.283 e. The Balaban J connectivity index is 0.000000151. The first-order chi connectivity index (χ1) is 7.11. The molecule has 0 saturated heterocycles. The fourth-order valence-electron chi connectivity index (χ4n) is 1.07. The molecule has 2 aromatic rings. The van der Waals surface area contributed by atoms with Crippen LogP contribution in [0.1, 0.15) is 22.4 Å². The molecule has 0 aliphatic heterocycles. The SMILES string of the molecule is Cc1ccccc1C.Cc1cn[nH]c1C. The molecule has 0 bridgehead atoms. The lowest BCUT2D eigenvalue weighted by atomic mass is 10.1. The molecule has 0 radical (unpaired) electrons. The van der Waals surface area contributed by atoms with Gasteiger partial charge in [0, 0.05) is 5.69 Å². The number of benzene rings is 1. The number of nitrogens with one attached hydrogen (secondary N) is 1. The van der Waals surface area contributed by atoms with Gasteiger partial charge >= 0.3 is 0 Å². The second-order valence-electron chi connectivity index (χ2n) is 3.76. The van der Waals surface area contributed by atoms with Crippen LogP contribution in [0.5, 0.6) is 0 Å². The molecule has 0 aliphatic rings. The molecular weight excluding hydrogens is 184 g/mol. The summed E-state index contributed by atoms with van der Waals surface area (Å²) in [4.78, 5) is 0. The second kappa shape index (κ2) is 5.35. The Bertz CT molecular complexity index is 378. The molecule has 1 heterocycles. The van der Waals surface area contributed by atoms with Crippen LogP contribution >= 0.6 is 0 Å². The van der Waals surface area contributed by atoms with Gasteiger partial charge in [0.1, 0.15) is 0 Å². The van der Waals surface area contributed by atoms with Crippen LogP contribution in [0.3, 0.4) is 0 Å². The van der Waals surface area contributed by atoms with Crippen LogP contribution in [-0.2, 0) is 0 Å². The molecule has 1 aromatic heterocycles. The highest BCUT2D eigenvalue weighted by Gasteiger charge is 1.87. The minimum atomic E-state index is 1.15. The van der Waals surface area contributed by atoms with Crippen LogP contribution in [-0.4, -0.2) is 10.2 Å². The van der Waals surface area contributed by atoms with Crippen LogP contribution < -0.4 is 0 Å². The molecule has 2 heteroatoms. The lowest BCUT2D eigenvalue weighted by molar-refractivity contribution is 1.04. The molecule has 0 unspecified atom stereocenters. The van der Waals surface area contributed by atoms with E-state index in [1.165, 1.54) is 16.7 Å². The molecular formula is C13H18N2. The molecule has 0 atom stereocenters. The quantitative estimate of drug-likeness (QED) is 0.697. The molecule has 2 rings (SSSR count). The Kier molecular flexibility index (Phi) is 4.10. The lowest BCUT2D eigenvalue weighted by Gasteiger charge is -1.93. The Morgan fingerprint density at radius 3 is 1.60 bits per heavy atom. The number of aryl methyl sites for hydroxylation is 4. The first-order valence-electron chi connectivity index (χ1n) is 5.10. The highest BCUT2D eigenvalue weighted by molar-refractivity contribution is 5.23. The normalized spacial score (nSPS) is 9.33. The van der Waals surface area contributed by atoms with Crippen LogP contribution in [0, 0.1) is 27.7 Å². The van der Waals surface area contributed by atoms with Crippen LogP contribution in [0.2, 0.25) is 0 Å². The Morgan fingerprint density at radius 1 is 0.867 bits per heavy atom. The topological polar surface area (TPSA) is 28.7 Å². The number of hydrogen-bond acceptors (Lipinski definition) is 1. The van der Waals surface area contributed by atoms with E-state index in [0.717, 1.165) is 5.69 Å². The smallest absolute Gasteiger partial charge is 0.0519 e. The van der Waals surface area contributed by atoms with Crippen LogP contribution in [0.15, 0.2) is 30.5 Å². The Hall–Kier alpha value is -1.57. The molecule has 0 fully saturated rings. The van der Waals surface area contributed by atoms with E-state index in [1.54, 1.807) is 0 Å².